The van der Waals surface area contributed by atoms with Crippen LogP contribution in [0.25, 0.3) is 0 Å². The van der Waals surface area contributed by atoms with E-state index in [9.17, 15) is 13.6 Å². The van der Waals surface area contributed by atoms with Gasteiger partial charge >= 0.3 is 5.97 Å². The van der Waals surface area contributed by atoms with Crippen LogP contribution >= 0.6 is 0 Å². The van der Waals surface area contributed by atoms with Crippen LogP contribution in [-0.4, -0.2) is 15.6 Å². The Labute approximate surface area is 102 Å². The second-order valence-electron chi connectivity index (χ2n) is 3.98. The van der Waals surface area contributed by atoms with Crippen LogP contribution in [0.3, 0.4) is 0 Å². The third-order valence-electron chi connectivity index (χ3n) is 2.76. The Balaban J connectivity index is 2.44. The number of aryl methyl sites for hydroxylation is 1. The van der Waals surface area contributed by atoms with Crippen LogP contribution in [0, 0.1) is 18.6 Å². The molecule has 18 heavy (non-hydrogen) atoms. The number of aromatic nitrogens is 1. The standard InChI is InChI=1S/C13H11F2NO2/c1-8-5-6-16(12(8)13(17)18)7-9-10(14)3-2-4-11(9)15/h2-6H,7H2,1H3,(H,17,18). The van der Waals surface area contributed by atoms with Gasteiger partial charge in [0.15, 0.2) is 0 Å². The van der Waals surface area contributed by atoms with Gasteiger partial charge in [-0.15, -0.1) is 0 Å². The largest absolute Gasteiger partial charge is 0.477 e. The number of carboxylic acids is 1. The van der Waals surface area contributed by atoms with Gasteiger partial charge in [-0.05, 0) is 30.7 Å². The minimum absolute atomic E-state index is 0.0395. The number of aromatic carboxylic acids is 1. The fourth-order valence-corrected chi connectivity index (χ4v) is 1.86. The molecule has 0 amide bonds. The Bertz CT molecular complexity index is 585. The molecule has 0 fully saturated rings. The summed E-state index contributed by atoms with van der Waals surface area (Å²) in [5.74, 6) is -2.48. The first-order valence-corrected chi connectivity index (χ1v) is 5.32. The van der Waals surface area contributed by atoms with Crippen molar-refractivity contribution < 1.29 is 18.7 Å². The lowest BCUT2D eigenvalue weighted by atomic mass is 10.2. The number of nitrogens with zero attached hydrogens (tertiary/aromatic N) is 1. The van der Waals surface area contributed by atoms with Crippen LogP contribution in [0.4, 0.5) is 8.78 Å². The predicted molar refractivity (Wildman–Crippen MR) is 61.6 cm³/mol. The SMILES string of the molecule is Cc1ccn(Cc2c(F)cccc2F)c1C(=O)O. The van der Waals surface area contributed by atoms with Crippen LogP contribution in [0.15, 0.2) is 30.5 Å². The molecular weight excluding hydrogens is 240 g/mol. The fraction of sp³-hybridized carbons (Fsp3) is 0.154. The van der Waals surface area contributed by atoms with Crippen molar-refractivity contribution in [2.24, 2.45) is 0 Å². The van der Waals surface area contributed by atoms with Gasteiger partial charge in [0.1, 0.15) is 17.3 Å². The molecule has 1 aromatic heterocycles. The van der Waals surface area contributed by atoms with Crippen molar-refractivity contribution in [3.05, 3.63) is 58.9 Å². The number of benzene rings is 1. The van der Waals surface area contributed by atoms with Gasteiger partial charge in [0.25, 0.3) is 0 Å². The topological polar surface area (TPSA) is 42.2 Å². The molecule has 0 atom stereocenters. The minimum Gasteiger partial charge on any atom is -0.477 e. The predicted octanol–water partition coefficient (Wildman–Crippen LogP) is 2.82. The summed E-state index contributed by atoms with van der Waals surface area (Å²) in [5, 5.41) is 9.04. The molecule has 0 aliphatic carbocycles. The van der Waals surface area contributed by atoms with Crippen molar-refractivity contribution in [1.82, 2.24) is 4.57 Å². The zero-order valence-electron chi connectivity index (χ0n) is 9.65. The molecule has 2 rings (SSSR count). The Morgan fingerprint density at radius 2 is 1.89 bits per heavy atom. The molecule has 1 heterocycles. The lowest BCUT2D eigenvalue weighted by molar-refractivity contribution is 0.0684. The van der Waals surface area contributed by atoms with Gasteiger partial charge in [-0.25, -0.2) is 13.6 Å². The first-order chi connectivity index (χ1) is 8.50. The van der Waals surface area contributed by atoms with E-state index in [1.54, 1.807) is 13.0 Å². The van der Waals surface area contributed by atoms with Crippen molar-refractivity contribution in [1.29, 1.82) is 0 Å². The summed E-state index contributed by atoms with van der Waals surface area (Å²) < 4.78 is 28.3. The first-order valence-electron chi connectivity index (χ1n) is 5.32. The molecule has 0 saturated carbocycles. The van der Waals surface area contributed by atoms with Crippen LogP contribution in [0.2, 0.25) is 0 Å². The molecule has 3 nitrogen and oxygen atoms in total. The first kappa shape index (κ1) is 12.3. The molecular formula is C13H11F2NO2. The molecule has 94 valence electrons. The monoisotopic (exact) mass is 251 g/mol. The Morgan fingerprint density at radius 1 is 1.28 bits per heavy atom. The number of halogens is 2. The van der Waals surface area contributed by atoms with Crippen molar-refractivity contribution in [3.8, 4) is 0 Å². The normalized spacial score (nSPS) is 10.6. The molecule has 0 bridgehead atoms. The summed E-state index contributed by atoms with van der Waals surface area (Å²) in [7, 11) is 0. The molecule has 0 aliphatic heterocycles. The van der Waals surface area contributed by atoms with E-state index in [0.29, 0.717) is 5.56 Å². The van der Waals surface area contributed by atoms with E-state index in [1.165, 1.54) is 16.8 Å². The van der Waals surface area contributed by atoms with E-state index in [0.717, 1.165) is 12.1 Å². The smallest absolute Gasteiger partial charge is 0.352 e. The van der Waals surface area contributed by atoms with Crippen LogP contribution in [0.5, 0.6) is 0 Å². The molecule has 0 radical (unpaired) electrons. The van der Waals surface area contributed by atoms with E-state index in [1.807, 2.05) is 0 Å². The van der Waals surface area contributed by atoms with Crippen molar-refractivity contribution in [3.63, 3.8) is 0 Å². The molecule has 0 unspecified atom stereocenters. The molecule has 1 aromatic carbocycles. The van der Waals surface area contributed by atoms with E-state index in [4.69, 9.17) is 5.11 Å². The molecule has 0 saturated heterocycles. The molecule has 0 aliphatic rings. The fourth-order valence-electron chi connectivity index (χ4n) is 1.86. The lowest BCUT2D eigenvalue weighted by Gasteiger charge is -2.09. The number of rotatable bonds is 3. The van der Waals surface area contributed by atoms with Gasteiger partial charge < -0.3 is 9.67 Å². The van der Waals surface area contributed by atoms with Crippen LogP contribution < -0.4 is 0 Å². The maximum absolute atomic E-state index is 13.5. The number of carboxylic acid groups (broad SMARTS) is 1. The number of carbonyl (C=O) groups is 1. The van der Waals surface area contributed by atoms with Crippen molar-refractivity contribution in [2.45, 2.75) is 13.5 Å². The Kier molecular flexibility index (Phi) is 3.14. The van der Waals surface area contributed by atoms with Crippen LogP contribution in [0.1, 0.15) is 21.6 Å². The van der Waals surface area contributed by atoms with Crippen molar-refractivity contribution in [2.75, 3.05) is 0 Å². The van der Waals surface area contributed by atoms with Gasteiger partial charge in [-0.1, -0.05) is 6.07 Å². The average molecular weight is 251 g/mol. The Hall–Kier alpha value is -2.17. The highest BCUT2D eigenvalue weighted by Crippen LogP contribution is 2.17. The quantitative estimate of drug-likeness (QED) is 0.911. The van der Waals surface area contributed by atoms with E-state index < -0.39 is 17.6 Å². The third kappa shape index (κ3) is 2.11. The summed E-state index contributed by atoms with van der Waals surface area (Å²) in [6.45, 7) is 1.49. The molecule has 1 N–H and O–H groups in total. The second-order valence-corrected chi connectivity index (χ2v) is 3.98. The van der Waals surface area contributed by atoms with E-state index >= 15 is 0 Å². The van der Waals surface area contributed by atoms with Gasteiger partial charge in [-0.3, -0.25) is 0 Å². The van der Waals surface area contributed by atoms with Gasteiger partial charge in [0, 0.05) is 11.8 Å². The van der Waals surface area contributed by atoms with Crippen molar-refractivity contribution >= 4 is 5.97 Å². The highest BCUT2D eigenvalue weighted by molar-refractivity contribution is 5.87. The van der Waals surface area contributed by atoms with Gasteiger partial charge in [-0.2, -0.15) is 0 Å². The van der Waals surface area contributed by atoms with Gasteiger partial charge in [0.05, 0.1) is 6.54 Å². The third-order valence-corrected chi connectivity index (χ3v) is 2.76. The highest BCUT2D eigenvalue weighted by Gasteiger charge is 2.16. The maximum atomic E-state index is 13.5. The molecule has 5 heteroatoms. The van der Waals surface area contributed by atoms with E-state index in [2.05, 4.69) is 0 Å². The summed E-state index contributed by atoms with van der Waals surface area (Å²) in [5.41, 5.74) is 0.451. The summed E-state index contributed by atoms with van der Waals surface area (Å²) >= 11 is 0. The zero-order valence-corrected chi connectivity index (χ0v) is 9.65. The van der Waals surface area contributed by atoms with Gasteiger partial charge in [0.2, 0.25) is 0 Å². The second kappa shape index (κ2) is 4.60. The maximum Gasteiger partial charge on any atom is 0.352 e. The Morgan fingerprint density at radius 3 is 2.44 bits per heavy atom. The summed E-state index contributed by atoms with van der Waals surface area (Å²) in [4.78, 5) is 11.1. The average Bonchev–Trinajstić information content (AvgIpc) is 2.65. The minimum atomic E-state index is -1.12. The number of hydrogen-bond donors (Lipinski definition) is 1. The summed E-state index contributed by atoms with van der Waals surface area (Å²) in [6.07, 6.45) is 1.50. The molecule has 0 spiro atoms. The molecule has 2 aromatic rings. The summed E-state index contributed by atoms with van der Waals surface area (Å²) in [6, 6.07) is 5.17. The van der Waals surface area contributed by atoms with E-state index in [-0.39, 0.29) is 17.8 Å². The lowest BCUT2D eigenvalue weighted by Crippen LogP contribution is -2.11. The number of hydrogen-bond acceptors (Lipinski definition) is 1. The highest BCUT2D eigenvalue weighted by atomic mass is 19.1. The zero-order chi connectivity index (χ0) is 13.3. The van der Waals surface area contributed by atoms with Crippen LogP contribution in [-0.2, 0) is 6.54 Å².